The summed E-state index contributed by atoms with van der Waals surface area (Å²) in [6, 6.07) is 50.3. The Balaban J connectivity index is 1.26. The van der Waals surface area contributed by atoms with Gasteiger partial charge in [-0.1, -0.05) is 127 Å². The molecule has 0 amide bonds. The molecular formula is C42H35BO2S. The maximum absolute atomic E-state index is 6.52. The van der Waals surface area contributed by atoms with Gasteiger partial charge in [0.2, 0.25) is 0 Å². The van der Waals surface area contributed by atoms with Crippen molar-refractivity contribution in [2.75, 3.05) is 0 Å². The van der Waals surface area contributed by atoms with Crippen LogP contribution in [0.3, 0.4) is 0 Å². The molecule has 46 heavy (non-hydrogen) atoms. The molecule has 0 atom stereocenters. The quantitative estimate of drug-likeness (QED) is 0.180. The lowest BCUT2D eigenvalue weighted by Crippen LogP contribution is -2.41. The number of fused-ring (bicyclic) bond motifs is 3. The van der Waals surface area contributed by atoms with E-state index in [0.29, 0.717) is 0 Å². The van der Waals surface area contributed by atoms with Gasteiger partial charge in [-0.05, 0) is 89.8 Å². The van der Waals surface area contributed by atoms with Crippen LogP contribution in [0.25, 0.3) is 64.7 Å². The highest BCUT2D eigenvalue weighted by Crippen LogP contribution is 2.44. The van der Waals surface area contributed by atoms with Crippen molar-refractivity contribution in [3.05, 3.63) is 140 Å². The Morgan fingerprint density at radius 1 is 0.435 bits per heavy atom. The van der Waals surface area contributed by atoms with Crippen molar-refractivity contribution in [3.63, 3.8) is 0 Å². The third kappa shape index (κ3) is 4.98. The number of rotatable bonds is 5. The van der Waals surface area contributed by atoms with Crippen LogP contribution in [0.15, 0.2) is 140 Å². The van der Waals surface area contributed by atoms with E-state index in [0.717, 1.165) is 22.2 Å². The first-order valence-electron chi connectivity index (χ1n) is 15.9. The second-order valence-corrected chi connectivity index (χ2v) is 14.2. The Morgan fingerprint density at radius 2 is 0.891 bits per heavy atom. The smallest absolute Gasteiger partial charge is 0.399 e. The summed E-state index contributed by atoms with van der Waals surface area (Å²) in [5.41, 5.74) is 9.82. The molecule has 0 radical (unpaired) electrons. The van der Waals surface area contributed by atoms with Gasteiger partial charge in [0, 0.05) is 20.2 Å². The second-order valence-electron chi connectivity index (χ2n) is 13.2. The van der Waals surface area contributed by atoms with Crippen molar-refractivity contribution in [2.45, 2.75) is 38.9 Å². The minimum atomic E-state index is -0.443. The lowest BCUT2D eigenvalue weighted by atomic mass is 9.76. The summed E-state index contributed by atoms with van der Waals surface area (Å²) in [5.74, 6) is 0. The molecule has 6 aromatic carbocycles. The topological polar surface area (TPSA) is 18.5 Å². The molecule has 1 fully saturated rings. The molecule has 1 aromatic heterocycles. The molecule has 0 bridgehead atoms. The third-order valence-corrected chi connectivity index (χ3v) is 11.0. The Morgan fingerprint density at radius 3 is 1.50 bits per heavy atom. The van der Waals surface area contributed by atoms with E-state index in [4.69, 9.17) is 9.31 Å². The fourth-order valence-corrected chi connectivity index (χ4v) is 7.86. The molecule has 1 saturated heterocycles. The van der Waals surface area contributed by atoms with Crippen LogP contribution in [0, 0.1) is 0 Å². The summed E-state index contributed by atoms with van der Waals surface area (Å²) < 4.78 is 15.7. The molecule has 0 N–H and O–H groups in total. The number of hydrogen-bond acceptors (Lipinski definition) is 3. The molecule has 8 rings (SSSR count). The highest BCUT2D eigenvalue weighted by atomic mass is 32.1. The molecular weight excluding hydrogens is 579 g/mol. The number of hydrogen-bond donors (Lipinski definition) is 0. The molecule has 4 heteroatoms. The van der Waals surface area contributed by atoms with E-state index in [1.54, 1.807) is 0 Å². The summed E-state index contributed by atoms with van der Waals surface area (Å²) in [5, 5.41) is 2.61. The van der Waals surface area contributed by atoms with Gasteiger partial charge in [-0.2, -0.15) is 0 Å². The van der Waals surface area contributed by atoms with Crippen LogP contribution < -0.4 is 5.46 Å². The predicted octanol–water partition coefficient (Wildman–Crippen LogP) is 11.0. The summed E-state index contributed by atoms with van der Waals surface area (Å²) in [6.45, 7) is 8.43. The normalized spacial score (nSPS) is 15.5. The van der Waals surface area contributed by atoms with E-state index in [1.165, 1.54) is 48.0 Å². The monoisotopic (exact) mass is 614 g/mol. The van der Waals surface area contributed by atoms with Crippen LogP contribution in [0.1, 0.15) is 27.7 Å². The van der Waals surface area contributed by atoms with Gasteiger partial charge in [-0.25, -0.2) is 0 Å². The summed E-state index contributed by atoms with van der Waals surface area (Å²) in [4.78, 5) is 0. The van der Waals surface area contributed by atoms with Crippen LogP contribution in [0.5, 0.6) is 0 Å². The number of benzene rings is 6. The van der Waals surface area contributed by atoms with Crippen LogP contribution in [0.4, 0.5) is 0 Å². The third-order valence-electron chi connectivity index (χ3n) is 9.70. The minimum absolute atomic E-state index is 0.413. The van der Waals surface area contributed by atoms with Crippen LogP contribution >= 0.6 is 11.3 Å². The summed E-state index contributed by atoms with van der Waals surface area (Å²) >= 11 is 1.89. The molecule has 2 nitrogen and oxygen atoms in total. The molecule has 0 saturated carbocycles. The fourth-order valence-electron chi connectivity index (χ4n) is 6.49. The first-order chi connectivity index (χ1) is 22.3. The largest absolute Gasteiger partial charge is 0.494 e. The van der Waals surface area contributed by atoms with Gasteiger partial charge >= 0.3 is 7.12 Å². The van der Waals surface area contributed by atoms with Crippen LogP contribution in [0.2, 0.25) is 0 Å². The first kappa shape index (κ1) is 29.0. The first-order valence-corrected chi connectivity index (χ1v) is 16.8. The van der Waals surface area contributed by atoms with Crippen molar-refractivity contribution >= 4 is 44.1 Å². The average Bonchev–Trinajstić information content (AvgIpc) is 3.58. The molecule has 7 aromatic rings. The zero-order valence-corrected chi connectivity index (χ0v) is 27.4. The van der Waals surface area contributed by atoms with Gasteiger partial charge in [-0.3, -0.25) is 0 Å². The Kier molecular flexibility index (Phi) is 6.99. The number of thiophene rings is 1. The van der Waals surface area contributed by atoms with E-state index in [9.17, 15) is 0 Å². The van der Waals surface area contributed by atoms with Gasteiger partial charge < -0.3 is 9.31 Å². The SMILES string of the molecule is CC1(C)OB(c2cc(-c3ccccc3)cc(-c3cccc(-c4cccc5c4sc4c(-c6ccccc6)cccc45)c3)c2)OC1(C)C. The van der Waals surface area contributed by atoms with Crippen molar-refractivity contribution < 1.29 is 9.31 Å². The molecule has 1 aliphatic heterocycles. The predicted molar refractivity (Wildman–Crippen MR) is 197 cm³/mol. The molecule has 1 aliphatic rings. The van der Waals surface area contributed by atoms with E-state index in [1.807, 2.05) is 11.3 Å². The zero-order valence-electron chi connectivity index (χ0n) is 26.6. The van der Waals surface area contributed by atoms with Gasteiger partial charge in [0.1, 0.15) is 0 Å². The highest BCUT2D eigenvalue weighted by Gasteiger charge is 2.51. The van der Waals surface area contributed by atoms with Crippen molar-refractivity contribution in [1.29, 1.82) is 0 Å². The zero-order chi connectivity index (χ0) is 31.5. The second kappa shape index (κ2) is 11.1. The summed E-state index contributed by atoms with van der Waals surface area (Å²) in [7, 11) is -0.443. The van der Waals surface area contributed by atoms with Crippen LogP contribution in [-0.2, 0) is 9.31 Å². The van der Waals surface area contributed by atoms with Gasteiger partial charge in [-0.15, -0.1) is 11.3 Å². The standard InChI is InChI=1S/C42H35BO2S/c1-41(2)42(3,4)45-43(44-41)34-26-32(28-14-7-5-8-15-28)25-33(27-34)30-18-11-19-31(24-30)36-21-13-23-38-37-22-12-20-35(39(37)46-40(36)38)29-16-9-6-10-17-29/h5-27H,1-4H3. The Hall–Kier alpha value is -4.48. The van der Waals surface area contributed by atoms with Gasteiger partial charge in [0.25, 0.3) is 0 Å². The van der Waals surface area contributed by atoms with Crippen LogP contribution in [-0.4, -0.2) is 18.3 Å². The van der Waals surface area contributed by atoms with Gasteiger partial charge in [0.05, 0.1) is 11.2 Å². The molecule has 2 heterocycles. The minimum Gasteiger partial charge on any atom is -0.399 e. The Labute approximate surface area is 275 Å². The molecule has 224 valence electrons. The van der Waals surface area contributed by atoms with E-state index >= 15 is 0 Å². The average molecular weight is 615 g/mol. The lowest BCUT2D eigenvalue weighted by molar-refractivity contribution is 0.00578. The summed E-state index contributed by atoms with van der Waals surface area (Å²) in [6.07, 6.45) is 0. The van der Waals surface area contributed by atoms with Crippen molar-refractivity contribution in [2.24, 2.45) is 0 Å². The maximum atomic E-state index is 6.52. The van der Waals surface area contributed by atoms with E-state index in [2.05, 4.69) is 167 Å². The molecule has 0 spiro atoms. The fraction of sp³-hybridized carbons (Fsp3) is 0.143. The maximum Gasteiger partial charge on any atom is 0.494 e. The van der Waals surface area contributed by atoms with E-state index in [-0.39, 0.29) is 0 Å². The Bertz CT molecular complexity index is 2200. The van der Waals surface area contributed by atoms with E-state index < -0.39 is 18.3 Å². The van der Waals surface area contributed by atoms with Crippen molar-refractivity contribution in [1.82, 2.24) is 0 Å². The van der Waals surface area contributed by atoms with Crippen molar-refractivity contribution in [3.8, 4) is 44.5 Å². The highest BCUT2D eigenvalue weighted by molar-refractivity contribution is 7.26. The molecule has 0 unspecified atom stereocenters. The van der Waals surface area contributed by atoms with Gasteiger partial charge in [0.15, 0.2) is 0 Å². The lowest BCUT2D eigenvalue weighted by Gasteiger charge is -2.32. The molecule has 0 aliphatic carbocycles.